The van der Waals surface area contributed by atoms with E-state index in [-0.39, 0.29) is 24.4 Å². The molecular weight excluding hydrogens is 260 g/mol. The van der Waals surface area contributed by atoms with Crippen LogP contribution in [0.1, 0.15) is 36.2 Å². The van der Waals surface area contributed by atoms with E-state index in [2.05, 4.69) is 13.8 Å². The van der Waals surface area contributed by atoms with Gasteiger partial charge in [0.05, 0.1) is 0 Å². The van der Waals surface area contributed by atoms with Crippen LogP contribution in [0.4, 0.5) is 0 Å². The van der Waals surface area contributed by atoms with E-state index in [1.54, 1.807) is 0 Å². The van der Waals surface area contributed by atoms with Gasteiger partial charge in [-0.2, -0.15) is 0 Å². The second kappa shape index (κ2) is 6.92. The number of rotatable bonds is 2. The number of carbonyl (C=O) groups excluding carboxylic acids is 1. The first-order chi connectivity index (χ1) is 8.61. The fourth-order valence-electron chi connectivity index (χ4n) is 2.41. The van der Waals surface area contributed by atoms with Crippen LogP contribution in [0, 0.1) is 5.92 Å². The number of piperidine rings is 1. The van der Waals surface area contributed by atoms with Gasteiger partial charge in [-0.05, 0) is 36.5 Å². The van der Waals surface area contributed by atoms with E-state index in [1.165, 1.54) is 5.56 Å². The van der Waals surface area contributed by atoms with E-state index in [0.717, 1.165) is 31.5 Å². The van der Waals surface area contributed by atoms with E-state index in [1.807, 2.05) is 29.2 Å². The highest BCUT2D eigenvalue weighted by molar-refractivity contribution is 5.94. The first-order valence-corrected chi connectivity index (χ1v) is 6.75. The van der Waals surface area contributed by atoms with Crippen molar-refractivity contribution in [3.63, 3.8) is 0 Å². The number of carbonyl (C=O) groups is 1. The second-order valence-electron chi connectivity index (χ2n) is 5.23. The van der Waals surface area contributed by atoms with Crippen molar-refractivity contribution in [3.8, 4) is 0 Å². The van der Waals surface area contributed by atoms with E-state index < -0.39 is 0 Å². The van der Waals surface area contributed by atoms with Crippen molar-refractivity contribution < 1.29 is 4.79 Å². The summed E-state index contributed by atoms with van der Waals surface area (Å²) < 4.78 is 0. The fourth-order valence-corrected chi connectivity index (χ4v) is 2.41. The number of nitrogens with two attached hydrogens (primary N) is 1. The average Bonchev–Trinajstić information content (AvgIpc) is 2.41. The van der Waals surface area contributed by atoms with Gasteiger partial charge in [-0.15, -0.1) is 12.4 Å². The summed E-state index contributed by atoms with van der Waals surface area (Å²) in [6.07, 6.45) is 1.91. The summed E-state index contributed by atoms with van der Waals surface area (Å²) in [5, 5.41) is 0. The number of hydrogen-bond donors (Lipinski definition) is 1. The Morgan fingerprint density at radius 3 is 2.53 bits per heavy atom. The lowest BCUT2D eigenvalue weighted by Crippen LogP contribution is -2.48. The van der Waals surface area contributed by atoms with Gasteiger partial charge in [-0.25, -0.2) is 0 Å². The molecule has 106 valence electrons. The third-order valence-electron chi connectivity index (χ3n) is 3.87. The minimum Gasteiger partial charge on any atom is -0.338 e. The van der Waals surface area contributed by atoms with Gasteiger partial charge in [-0.3, -0.25) is 4.79 Å². The molecule has 1 saturated heterocycles. The SMILES string of the molecule is CCc1ccc(C(=O)N2CCC(N)C(C)C2)cc1.Cl. The Morgan fingerprint density at radius 2 is 2.00 bits per heavy atom. The van der Waals surface area contributed by atoms with Crippen molar-refractivity contribution in [2.24, 2.45) is 11.7 Å². The first-order valence-electron chi connectivity index (χ1n) is 6.75. The number of nitrogens with zero attached hydrogens (tertiary/aromatic N) is 1. The third kappa shape index (κ3) is 3.71. The normalized spacial score (nSPS) is 22.8. The van der Waals surface area contributed by atoms with Crippen LogP contribution in [0.5, 0.6) is 0 Å². The van der Waals surface area contributed by atoms with Crippen LogP contribution in [-0.4, -0.2) is 29.9 Å². The summed E-state index contributed by atoms with van der Waals surface area (Å²) in [5.74, 6) is 0.522. The highest BCUT2D eigenvalue weighted by Crippen LogP contribution is 2.17. The molecule has 2 N–H and O–H groups in total. The Bertz CT molecular complexity index is 419. The molecule has 0 saturated carbocycles. The maximum absolute atomic E-state index is 12.3. The number of halogens is 1. The lowest BCUT2D eigenvalue weighted by Gasteiger charge is -2.35. The van der Waals surface area contributed by atoms with Gasteiger partial charge in [-0.1, -0.05) is 26.0 Å². The summed E-state index contributed by atoms with van der Waals surface area (Å²) in [4.78, 5) is 14.3. The van der Waals surface area contributed by atoms with Crippen LogP contribution in [-0.2, 0) is 6.42 Å². The largest absolute Gasteiger partial charge is 0.338 e. The van der Waals surface area contributed by atoms with Crippen LogP contribution in [0.25, 0.3) is 0 Å². The Balaban J connectivity index is 0.00000180. The maximum Gasteiger partial charge on any atom is 0.253 e. The number of benzene rings is 1. The summed E-state index contributed by atoms with van der Waals surface area (Å²) >= 11 is 0. The lowest BCUT2D eigenvalue weighted by atomic mass is 9.94. The molecule has 1 amide bonds. The van der Waals surface area contributed by atoms with Crippen molar-refractivity contribution in [1.82, 2.24) is 4.90 Å². The Kier molecular flexibility index (Phi) is 5.83. The van der Waals surface area contributed by atoms with Gasteiger partial charge in [0.2, 0.25) is 0 Å². The minimum absolute atomic E-state index is 0. The quantitative estimate of drug-likeness (QED) is 0.906. The van der Waals surface area contributed by atoms with Crippen LogP contribution in [0.3, 0.4) is 0 Å². The van der Waals surface area contributed by atoms with Crippen molar-refractivity contribution in [3.05, 3.63) is 35.4 Å². The van der Waals surface area contributed by atoms with Crippen molar-refractivity contribution in [2.45, 2.75) is 32.7 Å². The van der Waals surface area contributed by atoms with E-state index in [4.69, 9.17) is 5.73 Å². The van der Waals surface area contributed by atoms with Gasteiger partial charge >= 0.3 is 0 Å². The molecule has 1 aliphatic heterocycles. The molecule has 0 bridgehead atoms. The predicted octanol–water partition coefficient (Wildman–Crippen LogP) is 2.48. The predicted molar refractivity (Wildman–Crippen MR) is 80.7 cm³/mol. The summed E-state index contributed by atoms with van der Waals surface area (Å²) in [5.41, 5.74) is 8.03. The molecule has 1 aromatic rings. The Hall–Kier alpha value is -1.06. The number of amides is 1. The molecule has 2 atom stereocenters. The zero-order valence-electron chi connectivity index (χ0n) is 11.6. The molecule has 1 aromatic carbocycles. The highest BCUT2D eigenvalue weighted by atomic mass is 35.5. The van der Waals surface area contributed by atoms with Gasteiger partial charge in [0.25, 0.3) is 5.91 Å². The molecule has 0 radical (unpaired) electrons. The molecule has 3 nitrogen and oxygen atoms in total. The number of hydrogen-bond acceptors (Lipinski definition) is 2. The summed E-state index contributed by atoms with van der Waals surface area (Å²) in [6.45, 7) is 5.78. The van der Waals surface area contributed by atoms with Crippen LogP contribution in [0.15, 0.2) is 24.3 Å². The molecule has 2 rings (SSSR count). The van der Waals surface area contributed by atoms with E-state index in [9.17, 15) is 4.79 Å². The second-order valence-corrected chi connectivity index (χ2v) is 5.23. The average molecular weight is 283 g/mol. The molecule has 1 heterocycles. The maximum atomic E-state index is 12.3. The molecule has 0 aliphatic carbocycles. The smallest absolute Gasteiger partial charge is 0.253 e. The molecule has 19 heavy (non-hydrogen) atoms. The molecule has 0 spiro atoms. The summed E-state index contributed by atoms with van der Waals surface area (Å²) in [6, 6.07) is 8.16. The van der Waals surface area contributed by atoms with Crippen molar-refractivity contribution >= 4 is 18.3 Å². The van der Waals surface area contributed by atoms with Crippen LogP contribution in [0.2, 0.25) is 0 Å². The molecule has 1 fully saturated rings. The van der Waals surface area contributed by atoms with Gasteiger partial charge in [0.1, 0.15) is 0 Å². The number of aryl methyl sites for hydroxylation is 1. The van der Waals surface area contributed by atoms with E-state index >= 15 is 0 Å². The highest BCUT2D eigenvalue weighted by Gasteiger charge is 2.26. The van der Waals surface area contributed by atoms with Crippen molar-refractivity contribution in [2.75, 3.05) is 13.1 Å². The molecular formula is C15H23ClN2O. The van der Waals surface area contributed by atoms with Gasteiger partial charge in [0, 0.05) is 24.7 Å². The Labute approximate surface area is 121 Å². The summed E-state index contributed by atoms with van der Waals surface area (Å²) in [7, 11) is 0. The first kappa shape index (κ1) is 16.0. The van der Waals surface area contributed by atoms with Gasteiger partial charge < -0.3 is 10.6 Å². The monoisotopic (exact) mass is 282 g/mol. The standard InChI is InChI=1S/C15H22N2O.ClH/c1-3-12-4-6-13(7-5-12)15(18)17-9-8-14(16)11(2)10-17;/h4-7,11,14H,3,8-10,16H2,1-2H3;1H. The fraction of sp³-hybridized carbons (Fsp3) is 0.533. The molecule has 0 aromatic heterocycles. The minimum atomic E-state index is 0. The Morgan fingerprint density at radius 1 is 1.37 bits per heavy atom. The third-order valence-corrected chi connectivity index (χ3v) is 3.87. The number of likely N-dealkylation sites (tertiary alicyclic amines) is 1. The molecule has 4 heteroatoms. The lowest BCUT2D eigenvalue weighted by molar-refractivity contribution is 0.0664. The molecule has 2 unspecified atom stereocenters. The van der Waals surface area contributed by atoms with Crippen LogP contribution < -0.4 is 5.73 Å². The zero-order chi connectivity index (χ0) is 13.1. The van der Waals surface area contributed by atoms with Gasteiger partial charge in [0.15, 0.2) is 0 Å². The van der Waals surface area contributed by atoms with Crippen LogP contribution >= 0.6 is 12.4 Å². The topological polar surface area (TPSA) is 46.3 Å². The van der Waals surface area contributed by atoms with E-state index in [0.29, 0.717) is 5.92 Å². The molecule has 1 aliphatic rings. The van der Waals surface area contributed by atoms with Crippen molar-refractivity contribution in [1.29, 1.82) is 0 Å². The zero-order valence-corrected chi connectivity index (χ0v) is 12.5.